The average Bonchev–Trinajstić information content (AvgIpc) is 2.99. The fraction of sp³-hybridized carbons (Fsp3) is 0.167. The highest BCUT2D eigenvalue weighted by molar-refractivity contribution is 6.22. The number of rotatable bonds is 5. The molecule has 0 radical (unpaired) electrons. The number of benzene rings is 1. The van der Waals surface area contributed by atoms with Crippen LogP contribution in [0.5, 0.6) is 0 Å². The molecule has 2 N–H and O–H groups in total. The van der Waals surface area contributed by atoms with Gasteiger partial charge in [0.05, 0.1) is 24.8 Å². The van der Waals surface area contributed by atoms with E-state index in [1.165, 1.54) is 55.9 Å². The Bertz CT molecular complexity index is 882. The van der Waals surface area contributed by atoms with E-state index >= 15 is 0 Å². The number of methoxy groups -OCH3 is 1. The smallest absolute Gasteiger partial charge is 0.337 e. The molecule has 9 heteroatoms. The van der Waals surface area contributed by atoms with E-state index in [0.29, 0.717) is 16.8 Å². The van der Waals surface area contributed by atoms with Crippen LogP contribution >= 0.6 is 0 Å². The number of hydrogen-bond acceptors (Lipinski definition) is 7. The summed E-state index contributed by atoms with van der Waals surface area (Å²) in [5.41, 5.74) is 6.02. The molecule has 3 rings (SSSR count). The number of anilines is 1. The van der Waals surface area contributed by atoms with Gasteiger partial charge in [0.1, 0.15) is 6.04 Å². The van der Waals surface area contributed by atoms with E-state index in [4.69, 9.17) is 0 Å². The highest BCUT2D eigenvalue weighted by Gasteiger charge is 2.39. The van der Waals surface area contributed by atoms with E-state index in [9.17, 15) is 19.2 Å². The van der Waals surface area contributed by atoms with Gasteiger partial charge in [-0.25, -0.2) is 15.1 Å². The summed E-state index contributed by atoms with van der Waals surface area (Å²) in [5.74, 6) is -1.88. The Labute approximate surface area is 154 Å². The zero-order chi connectivity index (χ0) is 19.4. The first kappa shape index (κ1) is 18.2. The van der Waals surface area contributed by atoms with E-state index in [0.717, 1.165) is 4.90 Å². The number of carbonyl (C=O) groups is 4. The number of ether oxygens (including phenoxy) is 1. The number of hydrogen-bond donors (Lipinski definition) is 2. The molecular formula is C18H16N4O5. The fourth-order valence-electron chi connectivity index (χ4n) is 2.61. The van der Waals surface area contributed by atoms with Crippen LogP contribution in [0.25, 0.3) is 0 Å². The fourth-order valence-corrected chi connectivity index (χ4v) is 2.61. The number of nitrogens with zero attached hydrogens (tertiary/aromatic N) is 2. The molecule has 2 heterocycles. The number of amides is 3. The molecule has 138 valence electrons. The van der Waals surface area contributed by atoms with E-state index < -0.39 is 29.7 Å². The Hall–Kier alpha value is -3.59. The Kier molecular flexibility index (Phi) is 5.23. The second kappa shape index (κ2) is 7.75. The highest BCUT2D eigenvalue weighted by Crippen LogP contribution is 2.23. The molecule has 1 aromatic heterocycles. The van der Waals surface area contributed by atoms with Gasteiger partial charge in [-0.05, 0) is 36.4 Å². The maximum absolute atomic E-state index is 12.5. The van der Waals surface area contributed by atoms with Gasteiger partial charge in [-0.15, -0.1) is 0 Å². The molecule has 1 fully saturated rings. The van der Waals surface area contributed by atoms with Crippen molar-refractivity contribution in [2.45, 2.75) is 12.5 Å². The van der Waals surface area contributed by atoms with Gasteiger partial charge in [0.15, 0.2) is 0 Å². The molecule has 0 unspecified atom stereocenters. The van der Waals surface area contributed by atoms with Crippen LogP contribution in [0.4, 0.5) is 5.69 Å². The maximum Gasteiger partial charge on any atom is 0.337 e. The summed E-state index contributed by atoms with van der Waals surface area (Å²) < 4.78 is 4.61. The molecule has 27 heavy (non-hydrogen) atoms. The van der Waals surface area contributed by atoms with Crippen molar-refractivity contribution in [3.8, 4) is 0 Å². The van der Waals surface area contributed by atoms with Crippen molar-refractivity contribution in [2.75, 3.05) is 12.0 Å². The molecule has 1 saturated heterocycles. The number of carbonyl (C=O) groups excluding carboxylic acids is 4. The summed E-state index contributed by atoms with van der Waals surface area (Å²) >= 11 is 0. The summed E-state index contributed by atoms with van der Waals surface area (Å²) in [6, 6.07) is 8.06. The number of pyridine rings is 1. The van der Waals surface area contributed by atoms with E-state index in [1.807, 2.05) is 0 Å². The SMILES string of the molecule is COC(=O)c1ccc(N2C(=O)C[C@@H](NNC(=O)c3ccncc3)C2=O)cc1. The minimum atomic E-state index is -0.886. The first-order chi connectivity index (χ1) is 13.0. The van der Waals surface area contributed by atoms with Gasteiger partial charge in [-0.3, -0.25) is 24.8 Å². The third-order valence-corrected chi connectivity index (χ3v) is 4.00. The minimum absolute atomic E-state index is 0.103. The molecule has 3 amide bonds. The predicted octanol–water partition coefficient (Wildman–Crippen LogP) is 0.435. The van der Waals surface area contributed by atoms with Crippen molar-refractivity contribution < 1.29 is 23.9 Å². The van der Waals surface area contributed by atoms with Crippen LogP contribution in [-0.2, 0) is 14.3 Å². The quantitative estimate of drug-likeness (QED) is 0.446. The Morgan fingerprint density at radius 3 is 2.37 bits per heavy atom. The first-order valence-electron chi connectivity index (χ1n) is 8.02. The van der Waals surface area contributed by atoms with Gasteiger partial charge in [0.2, 0.25) is 5.91 Å². The van der Waals surface area contributed by atoms with E-state index in [-0.39, 0.29) is 6.42 Å². The lowest BCUT2D eigenvalue weighted by Crippen LogP contribution is -2.48. The molecule has 1 aliphatic heterocycles. The van der Waals surface area contributed by atoms with Crippen molar-refractivity contribution in [1.29, 1.82) is 0 Å². The molecule has 9 nitrogen and oxygen atoms in total. The van der Waals surface area contributed by atoms with Crippen molar-refractivity contribution in [2.24, 2.45) is 0 Å². The van der Waals surface area contributed by atoms with Crippen LogP contribution in [0, 0.1) is 0 Å². The molecule has 0 spiro atoms. The first-order valence-corrected chi connectivity index (χ1v) is 8.02. The van der Waals surface area contributed by atoms with Gasteiger partial charge in [-0.1, -0.05) is 0 Å². The van der Waals surface area contributed by atoms with Crippen LogP contribution in [0.1, 0.15) is 27.1 Å². The summed E-state index contributed by atoms with van der Waals surface area (Å²) in [6.45, 7) is 0. The van der Waals surface area contributed by atoms with Crippen molar-refractivity contribution in [1.82, 2.24) is 15.8 Å². The van der Waals surface area contributed by atoms with Crippen LogP contribution in [-0.4, -0.2) is 41.8 Å². The summed E-state index contributed by atoms with van der Waals surface area (Å²) in [7, 11) is 1.26. The van der Waals surface area contributed by atoms with E-state index in [2.05, 4.69) is 20.6 Å². The molecule has 0 saturated carbocycles. The monoisotopic (exact) mass is 368 g/mol. The number of hydrazine groups is 1. The zero-order valence-electron chi connectivity index (χ0n) is 14.3. The molecule has 1 aromatic carbocycles. The summed E-state index contributed by atoms with van der Waals surface area (Å²) in [6.07, 6.45) is 2.84. The summed E-state index contributed by atoms with van der Waals surface area (Å²) in [4.78, 5) is 53.1. The van der Waals surface area contributed by atoms with Crippen LogP contribution < -0.4 is 15.8 Å². The van der Waals surface area contributed by atoms with Gasteiger partial charge < -0.3 is 4.74 Å². The third-order valence-electron chi connectivity index (χ3n) is 4.00. The largest absolute Gasteiger partial charge is 0.465 e. The molecule has 1 atom stereocenters. The molecular weight excluding hydrogens is 352 g/mol. The van der Waals surface area contributed by atoms with Crippen LogP contribution in [0.2, 0.25) is 0 Å². The van der Waals surface area contributed by atoms with Crippen LogP contribution in [0.3, 0.4) is 0 Å². The van der Waals surface area contributed by atoms with Crippen molar-refractivity contribution in [3.63, 3.8) is 0 Å². The van der Waals surface area contributed by atoms with Crippen molar-refractivity contribution in [3.05, 3.63) is 59.9 Å². The number of imide groups is 1. The molecule has 2 aromatic rings. The number of aromatic nitrogens is 1. The zero-order valence-corrected chi connectivity index (χ0v) is 14.3. The number of nitrogens with one attached hydrogen (secondary N) is 2. The highest BCUT2D eigenvalue weighted by atomic mass is 16.5. The minimum Gasteiger partial charge on any atom is -0.465 e. The second-order valence-electron chi connectivity index (χ2n) is 5.70. The Balaban J connectivity index is 1.66. The lowest BCUT2D eigenvalue weighted by molar-refractivity contribution is -0.121. The normalized spacial score (nSPS) is 16.3. The van der Waals surface area contributed by atoms with Crippen LogP contribution in [0.15, 0.2) is 48.8 Å². The lowest BCUT2D eigenvalue weighted by atomic mass is 10.2. The summed E-state index contributed by atoms with van der Waals surface area (Å²) in [5, 5.41) is 0. The molecule has 1 aliphatic rings. The predicted molar refractivity (Wildman–Crippen MR) is 93.5 cm³/mol. The van der Waals surface area contributed by atoms with Gasteiger partial charge in [-0.2, -0.15) is 0 Å². The Morgan fingerprint density at radius 2 is 1.74 bits per heavy atom. The number of esters is 1. The Morgan fingerprint density at radius 1 is 1.07 bits per heavy atom. The average molecular weight is 368 g/mol. The van der Waals surface area contributed by atoms with Gasteiger partial charge in [0, 0.05) is 18.0 Å². The van der Waals surface area contributed by atoms with Crippen molar-refractivity contribution >= 4 is 29.4 Å². The molecule has 0 bridgehead atoms. The topological polar surface area (TPSA) is 118 Å². The second-order valence-corrected chi connectivity index (χ2v) is 5.70. The lowest BCUT2D eigenvalue weighted by Gasteiger charge is -2.16. The van der Waals surface area contributed by atoms with E-state index in [1.54, 1.807) is 0 Å². The van der Waals surface area contributed by atoms with Gasteiger partial charge >= 0.3 is 5.97 Å². The third kappa shape index (κ3) is 3.82. The standard InChI is InChI=1S/C18H16N4O5/c1-27-18(26)12-2-4-13(5-3-12)22-15(23)10-14(17(22)25)20-21-16(24)11-6-8-19-9-7-11/h2-9,14,20H,10H2,1H3,(H,21,24)/t14-/m1/s1. The maximum atomic E-state index is 12.5. The molecule has 0 aliphatic carbocycles. The van der Waals surface area contributed by atoms with Gasteiger partial charge in [0.25, 0.3) is 11.8 Å².